The number of aryl methyl sites for hydroxylation is 1. The fourth-order valence-corrected chi connectivity index (χ4v) is 3.27. The predicted molar refractivity (Wildman–Crippen MR) is 95.9 cm³/mol. The quantitative estimate of drug-likeness (QED) is 0.855. The van der Waals surface area contributed by atoms with Crippen molar-refractivity contribution in [1.29, 1.82) is 0 Å². The van der Waals surface area contributed by atoms with Gasteiger partial charge in [0.1, 0.15) is 0 Å². The summed E-state index contributed by atoms with van der Waals surface area (Å²) in [5.41, 5.74) is 2.14. The Morgan fingerprint density at radius 3 is 2.44 bits per heavy atom. The summed E-state index contributed by atoms with van der Waals surface area (Å²) in [5, 5.41) is 8.43. The van der Waals surface area contributed by atoms with Crippen molar-refractivity contribution >= 4 is 5.91 Å². The number of benzene rings is 1. The number of rotatable bonds is 4. The Labute approximate surface area is 148 Å². The second-order valence-electron chi connectivity index (χ2n) is 7.03. The van der Waals surface area contributed by atoms with Crippen LogP contribution in [0.1, 0.15) is 37.3 Å². The number of aromatic nitrogens is 2. The van der Waals surface area contributed by atoms with E-state index in [4.69, 9.17) is 4.42 Å². The topological polar surface area (TPSA) is 62.5 Å². The number of hydrogen-bond donors (Lipinski definition) is 0. The first-order valence-corrected chi connectivity index (χ1v) is 8.81. The van der Waals surface area contributed by atoms with Gasteiger partial charge in [0, 0.05) is 25.6 Å². The molecular weight excluding hydrogens is 316 g/mol. The van der Waals surface area contributed by atoms with E-state index in [-0.39, 0.29) is 17.9 Å². The Kier molecular flexibility index (Phi) is 5.18. The summed E-state index contributed by atoms with van der Waals surface area (Å²) in [6.07, 6.45) is 1.75. The van der Waals surface area contributed by atoms with Gasteiger partial charge in [0.05, 0.1) is 6.04 Å². The molecule has 1 fully saturated rings. The second kappa shape index (κ2) is 7.35. The van der Waals surface area contributed by atoms with Gasteiger partial charge in [0.15, 0.2) is 0 Å². The number of piperidine rings is 1. The van der Waals surface area contributed by atoms with Crippen molar-refractivity contribution in [3.05, 3.63) is 35.7 Å². The van der Waals surface area contributed by atoms with Crippen molar-refractivity contribution < 1.29 is 9.21 Å². The molecule has 0 N–H and O–H groups in total. The van der Waals surface area contributed by atoms with Crippen LogP contribution in [0.3, 0.4) is 0 Å². The molecule has 1 atom stereocenters. The zero-order chi connectivity index (χ0) is 18.0. The molecule has 1 aliphatic rings. The average Bonchev–Trinajstić information content (AvgIpc) is 3.11. The van der Waals surface area contributed by atoms with Crippen LogP contribution in [0, 0.1) is 12.8 Å². The molecule has 6 nitrogen and oxygen atoms in total. The number of nitrogens with zero attached hydrogens (tertiary/aromatic N) is 4. The smallest absolute Gasteiger partial charge is 0.247 e. The Morgan fingerprint density at radius 2 is 1.84 bits per heavy atom. The van der Waals surface area contributed by atoms with E-state index < -0.39 is 0 Å². The van der Waals surface area contributed by atoms with Gasteiger partial charge in [0.25, 0.3) is 0 Å². The molecule has 134 valence electrons. The molecule has 25 heavy (non-hydrogen) atoms. The molecular formula is C19H26N4O2. The van der Waals surface area contributed by atoms with Gasteiger partial charge >= 0.3 is 0 Å². The summed E-state index contributed by atoms with van der Waals surface area (Å²) in [6, 6.07) is 8.12. The third kappa shape index (κ3) is 3.90. The maximum atomic E-state index is 12.1. The fourth-order valence-electron chi connectivity index (χ4n) is 3.27. The number of amides is 1. The van der Waals surface area contributed by atoms with Crippen molar-refractivity contribution in [2.75, 3.05) is 27.2 Å². The molecule has 3 rings (SSSR count). The first-order chi connectivity index (χ1) is 12.0. The Bertz CT molecular complexity index is 715. The molecule has 0 spiro atoms. The monoisotopic (exact) mass is 342 g/mol. The minimum Gasteiger partial charge on any atom is -0.419 e. The standard InChI is InChI=1S/C19H26N4O2/c1-13-5-7-15(8-6-13)18-21-20-17(25-18)14(2)23-11-9-16(10-12-23)19(24)22(3)4/h5-8,14,16H,9-12H2,1-4H3. The largest absolute Gasteiger partial charge is 0.419 e. The summed E-state index contributed by atoms with van der Waals surface area (Å²) in [5.74, 6) is 1.54. The fraction of sp³-hybridized carbons (Fsp3) is 0.526. The Hall–Kier alpha value is -2.21. The van der Waals surface area contributed by atoms with Crippen molar-refractivity contribution in [2.45, 2.75) is 32.7 Å². The van der Waals surface area contributed by atoms with Crippen LogP contribution in [0.4, 0.5) is 0 Å². The van der Waals surface area contributed by atoms with Gasteiger partial charge in [-0.2, -0.15) is 0 Å². The highest BCUT2D eigenvalue weighted by Gasteiger charge is 2.30. The van der Waals surface area contributed by atoms with Crippen LogP contribution in [-0.2, 0) is 4.79 Å². The summed E-state index contributed by atoms with van der Waals surface area (Å²) in [6.45, 7) is 5.87. The maximum absolute atomic E-state index is 12.1. The lowest BCUT2D eigenvalue weighted by Crippen LogP contribution is -2.41. The maximum Gasteiger partial charge on any atom is 0.247 e. The van der Waals surface area contributed by atoms with Crippen LogP contribution in [0.2, 0.25) is 0 Å². The van der Waals surface area contributed by atoms with Crippen molar-refractivity contribution in [3.63, 3.8) is 0 Å². The molecule has 0 bridgehead atoms. The molecule has 0 saturated carbocycles. The number of likely N-dealkylation sites (tertiary alicyclic amines) is 1. The molecule has 2 heterocycles. The third-order valence-corrected chi connectivity index (χ3v) is 4.96. The molecule has 1 unspecified atom stereocenters. The van der Waals surface area contributed by atoms with E-state index in [1.54, 1.807) is 4.90 Å². The first kappa shape index (κ1) is 17.6. The molecule has 6 heteroatoms. The van der Waals surface area contributed by atoms with Gasteiger partial charge in [0.2, 0.25) is 17.7 Å². The predicted octanol–water partition coefficient (Wildman–Crippen LogP) is 2.91. The number of carbonyl (C=O) groups is 1. The van der Waals surface area contributed by atoms with Crippen LogP contribution in [0.15, 0.2) is 28.7 Å². The van der Waals surface area contributed by atoms with Crippen molar-refractivity contribution in [2.24, 2.45) is 5.92 Å². The lowest BCUT2D eigenvalue weighted by molar-refractivity contribution is -0.134. The first-order valence-electron chi connectivity index (χ1n) is 8.81. The molecule has 1 amide bonds. The van der Waals surface area contributed by atoms with Gasteiger partial charge in [-0.3, -0.25) is 9.69 Å². The van der Waals surface area contributed by atoms with E-state index in [1.165, 1.54) is 5.56 Å². The van der Waals surface area contributed by atoms with Crippen LogP contribution >= 0.6 is 0 Å². The molecule has 0 aliphatic carbocycles. The Morgan fingerprint density at radius 1 is 1.20 bits per heavy atom. The van der Waals surface area contributed by atoms with Gasteiger partial charge < -0.3 is 9.32 Å². The van der Waals surface area contributed by atoms with Crippen LogP contribution in [0.5, 0.6) is 0 Å². The van der Waals surface area contributed by atoms with Crippen molar-refractivity contribution in [1.82, 2.24) is 20.0 Å². The normalized spacial score (nSPS) is 17.4. The Balaban J connectivity index is 1.63. The van der Waals surface area contributed by atoms with Gasteiger partial charge in [-0.25, -0.2) is 0 Å². The van der Waals surface area contributed by atoms with E-state index in [1.807, 2.05) is 38.4 Å². The third-order valence-electron chi connectivity index (χ3n) is 4.96. The molecule has 1 aromatic heterocycles. The molecule has 2 aromatic rings. The minimum absolute atomic E-state index is 0.0575. The highest BCUT2D eigenvalue weighted by molar-refractivity contribution is 5.78. The van der Waals surface area contributed by atoms with Crippen molar-refractivity contribution in [3.8, 4) is 11.5 Å². The molecule has 1 aliphatic heterocycles. The van der Waals surface area contributed by atoms with Gasteiger partial charge in [-0.05, 0) is 51.9 Å². The summed E-state index contributed by atoms with van der Waals surface area (Å²) in [4.78, 5) is 16.1. The number of hydrogen-bond acceptors (Lipinski definition) is 5. The molecule has 1 saturated heterocycles. The van der Waals surface area contributed by atoms with Gasteiger partial charge in [-0.1, -0.05) is 17.7 Å². The second-order valence-corrected chi connectivity index (χ2v) is 7.03. The van der Waals surface area contributed by atoms with E-state index >= 15 is 0 Å². The highest BCUT2D eigenvalue weighted by Crippen LogP contribution is 2.28. The zero-order valence-corrected chi connectivity index (χ0v) is 15.4. The number of carbonyl (C=O) groups excluding carboxylic acids is 1. The van der Waals surface area contributed by atoms with Crippen LogP contribution < -0.4 is 0 Å². The summed E-state index contributed by atoms with van der Waals surface area (Å²) in [7, 11) is 3.64. The zero-order valence-electron chi connectivity index (χ0n) is 15.4. The summed E-state index contributed by atoms with van der Waals surface area (Å²) < 4.78 is 5.90. The summed E-state index contributed by atoms with van der Waals surface area (Å²) >= 11 is 0. The average molecular weight is 342 g/mol. The van der Waals surface area contributed by atoms with E-state index in [0.717, 1.165) is 31.5 Å². The van der Waals surface area contributed by atoms with E-state index in [9.17, 15) is 4.79 Å². The lowest BCUT2D eigenvalue weighted by atomic mass is 9.94. The molecule has 0 radical (unpaired) electrons. The highest BCUT2D eigenvalue weighted by atomic mass is 16.4. The lowest BCUT2D eigenvalue weighted by Gasteiger charge is -2.34. The van der Waals surface area contributed by atoms with Gasteiger partial charge in [-0.15, -0.1) is 10.2 Å². The SMILES string of the molecule is Cc1ccc(-c2nnc(C(C)N3CCC(C(=O)N(C)C)CC3)o2)cc1. The minimum atomic E-state index is 0.0575. The van der Waals surface area contributed by atoms with Crippen LogP contribution in [0.25, 0.3) is 11.5 Å². The van der Waals surface area contributed by atoms with E-state index in [0.29, 0.717) is 11.8 Å². The van der Waals surface area contributed by atoms with Crippen LogP contribution in [-0.4, -0.2) is 53.1 Å². The molecule has 1 aromatic carbocycles. The van der Waals surface area contributed by atoms with E-state index in [2.05, 4.69) is 28.9 Å².